The summed E-state index contributed by atoms with van der Waals surface area (Å²) in [6.45, 7) is 1.83. The van der Waals surface area contributed by atoms with E-state index in [9.17, 15) is 13.2 Å². The van der Waals surface area contributed by atoms with Crippen molar-refractivity contribution in [2.75, 3.05) is 4.72 Å². The summed E-state index contributed by atoms with van der Waals surface area (Å²) in [4.78, 5) is 10.8. The van der Waals surface area contributed by atoms with Crippen molar-refractivity contribution in [2.24, 2.45) is 7.05 Å². The Hall–Kier alpha value is -1.99. The zero-order valence-corrected chi connectivity index (χ0v) is 12.9. The summed E-state index contributed by atoms with van der Waals surface area (Å²) in [5.74, 6) is -1.20. The van der Waals surface area contributed by atoms with Crippen LogP contribution in [0.1, 0.15) is 16.1 Å². The van der Waals surface area contributed by atoms with Crippen molar-refractivity contribution >= 4 is 33.3 Å². The van der Waals surface area contributed by atoms with Gasteiger partial charge in [0.25, 0.3) is 10.0 Å². The number of aromatic carboxylic acids is 1. The average molecular weight is 329 g/mol. The number of nitrogens with zero attached hydrogens (tertiary/aromatic N) is 1. The lowest BCUT2D eigenvalue weighted by molar-refractivity contribution is 0.0686. The number of carboxylic acid groups (broad SMARTS) is 1. The quantitative estimate of drug-likeness (QED) is 0.902. The van der Waals surface area contributed by atoms with Crippen LogP contribution < -0.4 is 4.72 Å². The highest BCUT2D eigenvalue weighted by Gasteiger charge is 2.21. The number of anilines is 1. The fraction of sp³-hybridized carbons (Fsp3) is 0.154. The third kappa shape index (κ3) is 3.20. The summed E-state index contributed by atoms with van der Waals surface area (Å²) in [5.41, 5.74) is 1.02. The number of carboxylic acids is 1. The largest absolute Gasteiger partial charge is 0.477 e. The molecule has 112 valence electrons. The Morgan fingerprint density at radius 2 is 2.00 bits per heavy atom. The van der Waals surface area contributed by atoms with Crippen LogP contribution in [0.5, 0.6) is 0 Å². The molecule has 2 aromatic rings. The van der Waals surface area contributed by atoms with Gasteiger partial charge in [-0.15, -0.1) is 0 Å². The maximum absolute atomic E-state index is 12.3. The predicted octanol–water partition coefficient (Wildman–Crippen LogP) is 2.49. The number of halogens is 1. The van der Waals surface area contributed by atoms with Gasteiger partial charge in [-0.2, -0.15) is 0 Å². The van der Waals surface area contributed by atoms with Gasteiger partial charge >= 0.3 is 5.97 Å². The fourth-order valence-electron chi connectivity index (χ4n) is 1.80. The molecule has 0 aliphatic carbocycles. The van der Waals surface area contributed by atoms with Crippen LogP contribution in [0.15, 0.2) is 35.4 Å². The standard InChI is InChI=1S/C13H13ClN2O4S/c1-8-3-4-11(10(14)5-8)15-21(19,20)9-6-12(13(17)18)16(2)7-9/h3-7,15H,1-2H3,(H,17,18). The molecule has 1 aromatic heterocycles. The Morgan fingerprint density at radius 1 is 1.33 bits per heavy atom. The van der Waals surface area contributed by atoms with E-state index in [1.54, 1.807) is 18.2 Å². The zero-order chi connectivity index (χ0) is 15.8. The summed E-state index contributed by atoms with van der Waals surface area (Å²) < 4.78 is 28.1. The zero-order valence-electron chi connectivity index (χ0n) is 11.3. The Kier molecular flexibility index (Phi) is 3.97. The van der Waals surface area contributed by atoms with Crippen molar-refractivity contribution in [1.82, 2.24) is 4.57 Å². The fourth-order valence-corrected chi connectivity index (χ4v) is 3.29. The molecule has 0 bridgehead atoms. The summed E-state index contributed by atoms with van der Waals surface area (Å²) in [7, 11) is -2.44. The summed E-state index contributed by atoms with van der Waals surface area (Å²) >= 11 is 5.98. The van der Waals surface area contributed by atoms with E-state index < -0.39 is 16.0 Å². The second-order valence-corrected chi connectivity index (χ2v) is 6.66. The minimum Gasteiger partial charge on any atom is -0.477 e. The van der Waals surface area contributed by atoms with E-state index in [2.05, 4.69) is 4.72 Å². The SMILES string of the molecule is Cc1ccc(NS(=O)(=O)c2cc(C(=O)O)n(C)c2)c(Cl)c1. The third-order valence-corrected chi connectivity index (χ3v) is 4.52. The monoisotopic (exact) mass is 328 g/mol. The molecule has 0 unspecified atom stereocenters. The molecule has 0 saturated heterocycles. The number of sulfonamides is 1. The molecule has 0 aliphatic heterocycles. The first-order valence-corrected chi connectivity index (χ1v) is 7.75. The van der Waals surface area contributed by atoms with Crippen molar-refractivity contribution in [1.29, 1.82) is 0 Å². The molecule has 0 saturated carbocycles. The first kappa shape index (κ1) is 15.4. The minimum absolute atomic E-state index is 0.120. The lowest BCUT2D eigenvalue weighted by Gasteiger charge is -2.08. The normalized spacial score (nSPS) is 11.4. The number of aryl methyl sites for hydroxylation is 2. The molecule has 8 heteroatoms. The molecule has 0 spiro atoms. The van der Waals surface area contributed by atoms with Gasteiger partial charge in [0.1, 0.15) is 10.6 Å². The van der Waals surface area contributed by atoms with Crippen molar-refractivity contribution in [3.8, 4) is 0 Å². The lowest BCUT2D eigenvalue weighted by atomic mass is 10.2. The number of nitrogens with one attached hydrogen (secondary N) is 1. The third-order valence-electron chi connectivity index (χ3n) is 2.88. The summed E-state index contributed by atoms with van der Waals surface area (Å²) in [6, 6.07) is 5.99. The molecule has 0 fully saturated rings. The molecule has 0 atom stereocenters. The van der Waals surface area contributed by atoms with E-state index in [-0.39, 0.29) is 21.3 Å². The van der Waals surface area contributed by atoms with Gasteiger partial charge in [-0.25, -0.2) is 13.2 Å². The maximum atomic E-state index is 12.3. The van der Waals surface area contributed by atoms with Crippen molar-refractivity contribution in [3.05, 3.63) is 46.7 Å². The first-order valence-electron chi connectivity index (χ1n) is 5.89. The highest BCUT2D eigenvalue weighted by Crippen LogP contribution is 2.26. The van der Waals surface area contributed by atoms with Gasteiger partial charge < -0.3 is 9.67 Å². The molecule has 0 aliphatic rings. The van der Waals surface area contributed by atoms with Gasteiger partial charge in [-0.3, -0.25) is 4.72 Å². The molecule has 21 heavy (non-hydrogen) atoms. The van der Waals surface area contributed by atoms with Crippen LogP contribution in [0.2, 0.25) is 5.02 Å². The van der Waals surface area contributed by atoms with E-state index in [4.69, 9.17) is 16.7 Å². The Morgan fingerprint density at radius 3 is 2.52 bits per heavy atom. The molecular formula is C13H13ClN2O4S. The van der Waals surface area contributed by atoms with Crippen LogP contribution >= 0.6 is 11.6 Å². The van der Waals surface area contributed by atoms with Gasteiger partial charge in [0.05, 0.1) is 10.7 Å². The molecular weight excluding hydrogens is 316 g/mol. The lowest BCUT2D eigenvalue weighted by Crippen LogP contribution is -2.12. The second kappa shape index (κ2) is 5.42. The number of benzene rings is 1. The van der Waals surface area contributed by atoms with Gasteiger partial charge in [0, 0.05) is 13.2 Å². The van der Waals surface area contributed by atoms with Crippen LogP contribution in [-0.4, -0.2) is 24.1 Å². The molecule has 0 amide bonds. The van der Waals surface area contributed by atoms with E-state index in [0.29, 0.717) is 0 Å². The van der Waals surface area contributed by atoms with Crippen molar-refractivity contribution in [2.45, 2.75) is 11.8 Å². The molecule has 1 aromatic carbocycles. The molecule has 6 nitrogen and oxygen atoms in total. The predicted molar refractivity (Wildman–Crippen MR) is 79.4 cm³/mol. The topological polar surface area (TPSA) is 88.4 Å². The molecule has 1 heterocycles. The number of carbonyl (C=O) groups is 1. The number of aromatic nitrogens is 1. The van der Waals surface area contributed by atoms with Crippen LogP contribution in [0, 0.1) is 6.92 Å². The Balaban J connectivity index is 2.38. The molecule has 2 rings (SSSR count). The molecule has 2 N–H and O–H groups in total. The van der Waals surface area contributed by atoms with E-state index in [0.717, 1.165) is 11.6 Å². The van der Waals surface area contributed by atoms with E-state index in [1.807, 2.05) is 6.92 Å². The van der Waals surface area contributed by atoms with Crippen molar-refractivity contribution < 1.29 is 18.3 Å². The average Bonchev–Trinajstić information content (AvgIpc) is 2.76. The van der Waals surface area contributed by atoms with Crippen molar-refractivity contribution in [3.63, 3.8) is 0 Å². The Labute approximate surface area is 127 Å². The smallest absolute Gasteiger partial charge is 0.352 e. The maximum Gasteiger partial charge on any atom is 0.352 e. The second-order valence-electron chi connectivity index (χ2n) is 4.57. The Bertz CT molecular complexity index is 812. The van der Waals surface area contributed by atoms with Gasteiger partial charge in [-0.1, -0.05) is 17.7 Å². The van der Waals surface area contributed by atoms with Crippen LogP contribution in [0.25, 0.3) is 0 Å². The number of rotatable bonds is 4. The number of hydrogen-bond donors (Lipinski definition) is 2. The first-order chi connectivity index (χ1) is 9.70. The summed E-state index contributed by atoms with van der Waals surface area (Å²) in [5, 5.41) is 9.22. The van der Waals surface area contributed by atoms with Crippen LogP contribution in [0.3, 0.4) is 0 Å². The van der Waals surface area contributed by atoms with Gasteiger partial charge in [-0.05, 0) is 30.7 Å². The highest BCUT2D eigenvalue weighted by molar-refractivity contribution is 7.92. The van der Waals surface area contributed by atoms with Crippen LogP contribution in [-0.2, 0) is 17.1 Å². The number of hydrogen-bond acceptors (Lipinski definition) is 3. The molecule has 0 radical (unpaired) electrons. The van der Waals surface area contributed by atoms with Gasteiger partial charge in [0.15, 0.2) is 0 Å². The minimum atomic E-state index is -3.90. The summed E-state index contributed by atoms with van der Waals surface area (Å²) in [6.07, 6.45) is 1.23. The van der Waals surface area contributed by atoms with Gasteiger partial charge in [0.2, 0.25) is 0 Å². The highest BCUT2D eigenvalue weighted by atomic mass is 35.5. The van der Waals surface area contributed by atoms with Crippen LogP contribution in [0.4, 0.5) is 5.69 Å². The van der Waals surface area contributed by atoms with E-state index in [1.165, 1.54) is 17.8 Å². The van der Waals surface area contributed by atoms with E-state index >= 15 is 0 Å².